The number of anilines is 1. The van der Waals surface area contributed by atoms with Crippen LogP contribution in [-0.4, -0.2) is 23.5 Å². The highest BCUT2D eigenvalue weighted by Crippen LogP contribution is 2.38. The fourth-order valence-electron chi connectivity index (χ4n) is 1.72. The van der Waals surface area contributed by atoms with E-state index in [2.05, 4.69) is 10.3 Å². The van der Waals surface area contributed by atoms with E-state index in [1.807, 2.05) is 6.92 Å². The molecule has 1 amide bonds. The summed E-state index contributed by atoms with van der Waals surface area (Å²) >= 11 is 1.16. The third-order valence-corrected chi connectivity index (χ3v) is 3.99. The number of thiazole rings is 1. The molecule has 1 aliphatic rings. The summed E-state index contributed by atoms with van der Waals surface area (Å²) < 4.78 is 4.92. The van der Waals surface area contributed by atoms with Gasteiger partial charge in [-0.2, -0.15) is 0 Å². The molecule has 1 aliphatic carbocycles. The van der Waals surface area contributed by atoms with Crippen molar-refractivity contribution in [3.8, 4) is 0 Å². The number of nitrogens with zero attached hydrogens (tertiary/aromatic N) is 1. The van der Waals surface area contributed by atoms with Crippen LogP contribution in [0.2, 0.25) is 0 Å². The van der Waals surface area contributed by atoms with E-state index in [4.69, 9.17) is 4.74 Å². The molecule has 1 heterocycles. The number of hydrogen-bond donors (Lipinski definition) is 1. The summed E-state index contributed by atoms with van der Waals surface area (Å²) in [6.07, 6.45) is 0.931. The van der Waals surface area contributed by atoms with Crippen LogP contribution in [0.1, 0.15) is 35.6 Å². The van der Waals surface area contributed by atoms with Gasteiger partial charge in [0.2, 0.25) is 5.91 Å². The molecule has 98 valence electrons. The Kier molecular flexibility index (Phi) is 3.65. The average Bonchev–Trinajstić information content (AvgIpc) is 2.92. The van der Waals surface area contributed by atoms with Crippen molar-refractivity contribution in [2.45, 2.75) is 27.2 Å². The zero-order valence-electron chi connectivity index (χ0n) is 10.6. The maximum atomic E-state index is 11.7. The van der Waals surface area contributed by atoms with Crippen LogP contribution in [0.25, 0.3) is 0 Å². The highest BCUT2D eigenvalue weighted by Gasteiger charge is 2.39. The minimum atomic E-state index is -0.382. The van der Waals surface area contributed by atoms with Crippen LogP contribution >= 0.6 is 11.3 Å². The molecule has 0 aromatic carbocycles. The van der Waals surface area contributed by atoms with Gasteiger partial charge < -0.3 is 10.1 Å². The summed E-state index contributed by atoms with van der Waals surface area (Å²) in [6, 6.07) is 0. The fraction of sp³-hybridized carbons (Fsp3) is 0.583. The Hall–Kier alpha value is -1.43. The first kappa shape index (κ1) is 13.0. The third-order valence-electron chi connectivity index (χ3n) is 2.93. The van der Waals surface area contributed by atoms with Gasteiger partial charge in [0.05, 0.1) is 12.3 Å². The molecule has 0 bridgehead atoms. The summed E-state index contributed by atoms with van der Waals surface area (Å²) in [5, 5.41) is 3.23. The smallest absolute Gasteiger partial charge is 0.350 e. The number of amides is 1. The van der Waals surface area contributed by atoms with Crippen molar-refractivity contribution < 1.29 is 14.3 Å². The quantitative estimate of drug-likeness (QED) is 0.850. The molecular formula is C12H16N2O3S. The van der Waals surface area contributed by atoms with Crippen molar-refractivity contribution in [3.05, 3.63) is 10.6 Å². The van der Waals surface area contributed by atoms with Gasteiger partial charge in [-0.3, -0.25) is 4.79 Å². The number of nitrogens with one attached hydrogen (secondary N) is 1. The average molecular weight is 268 g/mol. The topological polar surface area (TPSA) is 68.3 Å². The molecular weight excluding hydrogens is 252 g/mol. The zero-order valence-corrected chi connectivity index (χ0v) is 11.5. The lowest BCUT2D eigenvalue weighted by atomic mass is 10.3. The summed E-state index contributed by atoms with van der Waals surface area (Å²) in [7, 11) is 0. The fourth-order valence-corrected chi connectivity index (χ4v) is 2.58. The number of carbonyl (C=O) groups is 2. The lowest BCUT2D eigenvalue weighted by Gasteiger charge is -1.98. The van der Waals surface area contributed by atoms with Crippen molar-refractivity contribution in [2.24, 2.45) is 11.8 Å². The molecule has 5 nitrogen and oxygen atoms in total. The highest BCUT2D eigenvalue weighted by molar-refractivity contribution is 7.17. The van der Waals surface area contributed by atoms with Gasteiger partial charge in [0.1, 0.15) is 4.88 Å². The van der Waals surface area contributed by atoms with Crippen LogP contribution in [0.5, 0.6) is 0 Å². The van der Waals surface area contributed by atoms with Crippen molar-refractivity contribution >= 4 is 28.3 Å². The minimum absolute atomic E-state index is 0.00772. The molecule has 0 unspecified atom stereocenters. The Morgan fingerprint density at radius 3 is 2.78 bits per heavy atom. The van der Waals surface area contributed by atoms with Gasteiger partial charge in [-0.25, -0.2) is 9.78 Å². The van der Waals surface area contributed by atoms with Gasteiger partial charge in [-0.05, 0) is 26.2 Å². The van der Waals surface area contributed by atoms with E-state index < -0.39 is 0 Å². The van der Waals surface area contributed by atoms with E-state index in [0.29, 0.717) is 28.2 Å². The molecule has 0 saturated heterocycles. The van der Waals surface area contributed by atoms with Gasteiger partial charge in [0, 0.05) is 5.92 Å². The summed E-state index contributed by atoms with van der Waals surface area (Å²) in [5.41, 5.74) is 0.595. The number of rotatable bonds is 4. The van der Waals surface area contributed by atoms with Gasteiger partial charge in [-0.1, -0.05) is 18.3 Å². The summed E-state index contributed by atoms with van der Waals surface area (Å²) in [4.78, 5) is 28.0. The van der Waals surface area contributed by atoms with Crippen LogP contribution in [0.15, 0.2) is 0 Å². The molecule has 0 aliphatic heterocycles. The predicted molar refractivity (Wildman–Crippen MR) is 68.7 cm³/mol. The van der Waals surface area contributed by atoms with Crippen LogP contribution in [0.3, 0.4) is 0 Å². The summed E-state index contributed by atoms with van der Waals surface area (Å²) in [6.45, 7) is 5.86. The van der Waals surface area contributed by atoms with Gasteiger partial charge in [-0.15, -0.1) is 0 Å². The third kappa shape index (κ3) is 2.69. The van der Waals surface area contributed by atoms with Crippen LogP contribution in [-0.2, 0) is 9.53 Å². The van der Waals surface area contributed by atoms with E-state index in [1.165, 1.54) is 0 Å². The second-order valence-electron chi connectivity index (χ2n) is 4.46. The zero-order chi connectivity index (χ0) is 13.3. The minimum Gasteiger partial charge on any atom is -0.462 e. The van der Waals surface area contributed by atoms with E-state index in [1.54, 1.807) is 13.8 Å². The SMILES string of the molecule is CCOC(=O)c1sc(NC(=O)[C@@H]2C[C@H]2C)nc1C. The highest BCUT2D eigenvalue weighted by atomic mass is 32.1. The Balaban J connectivity index is 2.04. The largest absolute Gasteiger partial charge is 0.462 e. The molecule has 1 N–H and O–H groups in total. The molecule has 0 spiro atoms. The number of aromatic nitrogens is 1. The monoisotopic (exact) mass is 268 g/mol. The molecule has 1 aromatic heterocycles. The van der Waals surface area contributed by atoms with E-state index in [0.717, 1.165) is 17.8 Å². The Bertz CT molecular complexity index is 484. The van der Waals surface area contributed by atoms with Gasteiger partial charge in [0.25, 0.3) is 0 Å². The normalized spacial score (nSPS) is 21.5. The van der Waals surface area contributed by atoms with Crippen molar-refractivity contribution in [3.63, 3.8) is 0 Å². The maximum absolute atomic E-state index is 11.7. The molecule has 2 atom stereocenters. The van der Waals surface area contributed by atoms with Crippen LogP contribution in [0.4, 0.5) is 5.13 Å². The predicted octanol–water partition coefficient (Wildman–Crippen LogP) is 2.22. The van der Waals surface area contributed by atoms with Crippen LogP contribution in [0, 0.1) is 18.8 Å². The van der Waals surface area contributed by atoms with Gasteiger partial charge in [0.15, 0.2) is 5.13 Å². The number of ether oxygens (including phenoxy) is 1. The number of esters is 1. The molecule has 2 rings (SSSR count). The standard InChI is InChI=1S/C12H16N2O3S/c1-4-17-11(16)9-7(3)13-12(18-9)14-10(15)8-5-6(8)2/h6,8H,4-5H2,1-3H3,(H,13,14,15)/t6-,8-/m1/s1. The lowest BCUT2D eigenvalue weighted by Crippen LogP contribution is -2.14. The molecule has 18 heavy (non-hydrogen) atoms. The second-order valence-corrected chi connectivity index (χ2v) is 5.46. The Labute approximate surface area is 110 Å². The first-order chi connectivity index (χ1) is 8.52. The Morgan fingerprint density at radius 1 is 1.56 bits per heavy atom. The van der Waals surface area contributed by atoms with Crippen LogP contribution < -0.4 is 5.32 Å². The van der Waals surface area contributed by atoms with Crippen molar-refractivity contribution in [2.75, 3.05) is 11.9 Å². The number of carbonyl (C=O) groups excluding carboxylic acids is 2. The van der Waals surface area contributed by atoms with Crippen molar-refractivity contribution in [1.82, 2.24) is 4.98 Å². The molecule has 1 fully saturated rings. The first-order valence-electron chi connectivity index (χ1n) is 5.98. The van der Waals surface area contributed by atoms with E-state index >= 15 is 0 Å². The van der Waals surface area contributed by atoms with E-state index in [9.17, 15) is 9.59 Å². The number of aryl methyl sites for hydroxylation is 1. The van der Waals surface area contributed by atoms with Crippen molar-refractivity contribution in [1.29, 1.82) is 0 Å². The lowest BCUT2D eigenvalue weighted by molar-refractivity contribution is -0.117. The molecule has 1 saturated carbocycles. The molecule has 1 aromatic rings. The first-order valence-corrected chi connectivity index (χ1v) is 6.80. The van der Waals surface area contributed by atoms with Gasteiger partial charge >= 0.3 is 5.97 Å². The number of hydrogen-bond acceptors (Lipinski definition) is 5. The maximum Gasteiger partial charge on any atom is 0.350 e. The molecule has 0 radical (unpaired) electrons. The van der Waals surface area contributed by atoms with E-state index in [-0.39, 0.29) is 17.8 Å². The Morgan fingerprint density at radius 2 is 2.22 bits per heavy atom. The second kappa shape index (κ2) is 5.06. The molecule has 6 heteroatoms. The summed E-state index contributed by atoms with van der Waals surface area (Å²) in [5.74, 6) is 0.162.